The third-order valence-electron chi connectivity index (χ3n) is 4.44. The Hall–Kier alpha value is -2.69. The van der Waals surface area contributed by atoms with Crippen LogP contribution in [0.4, 0.5) is 5.69 Å². The summed E-state index contributed by atoms with van der Waals surface area (Å²) in [4.78, 5) is 12.5. The first-order chi connectivity index (χ1) is 11.7. The van der Waals surface area contributed by atoms with Crippen LogP contribution >= 0.6 is 0 Å². The summed E-state index contributed by atoms with van der Waals surface area (Å²) >= 11 is 0. The van der Waals surface area contributed by atoms with E-state index in [-0.39, 0.29) is 5.91 Å². The average Bonchev–Trinajstić information content (AvgIpc) is 3.24. The van der Waals surface area contributed by atoms with Gasteiger partial charge in [0.05, 0.1) is 32.4 Å². The van der Waals surface area contributed by atoms with Gasteiger partial charge < -0.3 is 19.5 Å². The van der Waals surface area contributed by atoms with Crippen molar-refractivity contribution in [3.8, 4) is 17.2 Å². The van der Waals surface area contributed by atoms with Gasteiger partial charge in [-0.1, -0.05) is 12.1 Å². The summed E-state index contributed by atoms with van der Waals surface area (Å²) in [5.74, 6) is 2.41. The number of ether oxygens (including phenoxy) is 3. The van der Waals surface area contributed by atoms with Crippen molar-refractivity contribution in [1.82, 2.24) is 0 Å². The minimum Gasteiger partial charge on any atom is -0.497 e. The number of methoxy groups -OCH3 is 1. The normalized spacial score (nSPS) is 14.4. The van der Waals surface area contributed by atoms with Gasteiger partial charge in [0.15, 0.2) is 0 Å². The fourth-order valence-electron chi connectivity index (χ4n) is 3.23. The molecule has 2 aliphatic heterocycles. The van der Waals surface area contributed by atoms with E-state index in [1.54, 1.807) is 7.11 Å². The number of hydrogen-bond donors (Lipinski definition) is 1. The van der Waals surface area contributed by atoms with Crippen molar-refractivity contribution in [2.75, 3.05) is 25.6 Å². The lowest BCUT2D eigenvalue weighted by molar-refractivity contribution is -0.115. The van der Waals surface area contributed by atoms with Crippen molar-refractivity contribution in [1.29, 1.82) is 0 Å². The molecular formula is C19H19NO4. The number of anilines is 1. The molecule has 0 radical (unpaired) electrons. The highest BCUT2D eigenvalue weighted by Crippen LogP contribution is 2.44. The molecule has 5 heteroatoms. The van der Waals surface area contributed by atoms with Gasteiger partial charge in [0.1, 0.15) is 17.2 Å². The molecule has 0 unspecified atom stereocenters. The summed E-state index contributed by atoms with van der Waals surface area (Å²) in [5, 5.41) is 3.04. The second-order valence-corrected chi connectivity index (χ2v) is 5.99. The molecule has 124 valence electrons. The first-order valence-electron chi connectivity index (χ1n) is 8.12. The van der Waals surface area contributed by atoms with E-state index < -0.39 is 0 Å². The van der Waals surface area contributed by atoms with E-state index in [0.29, 0.717) is 19.6 Å². The molecule has 2 aliphatic rings. The minimum absolute atomic E-state index is 0.0573. The Morgan fingerprint density at radius 3 is 2.75 bits per heavy atom. The van der Waals surface area contributed by atoms with Gasteiger partial charge in [-0.25, -0.2) is 0 Å². The zero-order valence-electron chi connectivity index (χ0n) is 13.6. The molecule has 4 rings (SSSR count). The lowest BCUT2D eigenvalue weighted by Gasteiger charge is -2.14. The predicted octanol–water partition coefficient (Wildman–Crippen LogP) is 2.75. The summed E-state index contributed by atoms with van der Waals surface area (Å²) in [7, 11) is 1.63. The SMILES string of the molecule is COc1ccc(CC(=O)Nc2c3c(cc4c2OCC4)OCC3)cc1. The smallest absolute Gasteiger partial charge is 0.228 e. The predicted molar refractivity (Wildman–Crippen MR) is 90.2 cm³/mol. The summed E-state index contributed by atoms with van der Waals surface area (Å²) in [5.41, 5.74) is 3.87. The van der Waals surface area contributed by atoms with E-state index in [4.69, 9.17) is 14.2 Å². The van der Waals surface area contributed by atoms with Crippen molar-refractivity contribution >= 4 is 11.6 Å². The van der Waals surface area contributed by atoms with Crippen LogP contribution in [0.15, 0.2) is 30.3 Å². The second kappa shape index (κ2) is 6.07. The van der Waals surface area contributed by atoms with Gasteiger partial charge >= 0.3 is 0 Å². The average molecular weight is 325 g/mol. The van der Waals surface area contributed by atoms with E-state index in [0.717, 1.165) is 52.5 Å². The largest absolute Gasteiger partial charge is 0.497 e. The third-order valence-corrected chi connectivity index (χ3v) is 4.44. The van der Waals surface area contributed by atoms with Gasteiger partial charge in [-0.05, 0) is 23.8 Å². The zero-order chi connectivity index (χ0) is 16.5. The van der Waals surface area contributed by atoms with Crippen molar-refractivity contribution in [3.63, 3.8) is 0 Å². The molecule has 2 aromatic rings. The molecule has 0 aliphatic carbocycles. The lowest BCUT2D eigenvalue weighted by Crippen LogP contribution is -2.16. The third kappa shape index (κ3) is 2.66. The molecular weight excluding hydrogens is 306 g/mol. The number of benzene rings is 2. The van der Waals surface area contributed by atoms with Crippen molar-refractivity contribution in [2.45, 2.75) is 19.3 Å². The number of nitrogens with one attached hydrogen (secondary N) is 1. The fourth-order valence-corrected chi connectivity index (χ4v) is 3.23. The lowest BCUT2D eigenvalue weighted by atomic mass is 10.0. The Bertz CT molecular complexity index is 751. The van der Waals surface area contributed by atoms with Gasteiger partial charge in [-0.2, -0.15) is 0 Å². The quantitative estimate of drug-likeness (QED) is 0.939. The topological polar surface area (TPSA) is 56.8 Å². The number of carbonyl (C=O) groups is 1. The number of rotatable bonds is 4. The van der Waals surface area contributed by atoms with Crippen LogP contribution in [-0.4, -0.2) is 26.2 Å². The van der Waals surface area contributed by atoms with Crippen LogP contribution in [0.5, 0.6) is 17.2 Å². The number of amides is 1. The van der Waals surface area contributed by atoms with E-state index in [1.165, 1.54) is 0 Å². The number of carbonyl (C=O) groups excluding carboxylic acids is 1. The molecule has 0 saturated heterocycles. The van der Waals surface area contributed by atoms with Gasteiger partial charge in [-0.3, -0.25) is 4.79 Å². The van der Waals surface area contributed by atoms with Crippen LogP contribution < -0.4 is 19.5 Å². The summed E-state index contributed by atoms with van der Waals surface area (Å²) in [6, 6.07) is 9.56. The standard InChI is InChI=1S/C19H19NO4/c1-22-14-4-2-12(3-5-14)10-17(21)20-18-15-7-9-23-16(15)11-13-6-8-24-19(13)18/h2-5,11H,6-10H2,1H3,(H,20,21). The highest BCUT2D eigenvalue weighted by molar-refractivity contribution is 5.95. The van der Waals surface area contributed by atoms with Gasteiger partial charge in [0, 0.05) is 24.0 Å². The zero-order valence-corrected chi connectivity index (χ0v) is 13.6. The summed E-state index contributed by atoms with van der Waals surface area (Å²) in [6.45, 7) is 1.30. The molecule has 1 amide bonds. The molecule has 2 heterocycles. The number of fused-ring (bicyclic) bond motifs is 2. The molecule has 5 nitrogen and oxygen atoms in total. The van der Waals surface area contributed by atoms with Crippen molar-refractivity contribution < 1.29 is 19.0 Å². The molecule has 0 spiro atoms. The molecule has 0 fully saturated rings. The molecule has 0 bridgehead atoms. The van der Waals surface area contributed by atoms with Crippen LogP contribution in [-0.2, 0) is 24.1 Å². The number of hydrogen-bond acceptors (Lipinski definition) is 4. The van der Waals surface area contributed by atoms with Gasteiger partial charge in [-0.15, -0.1) is 0 Å². The summed E-state index contributed by atoms with van der Waals surface area (Å²) in [6.07, 6.45) is 1.96. The molecule has 2 aromatic carbocycles. The summed E-state index contributed by atoms with van der Waals surface area (Å²) < 4.78 is 16.6. The van der Waals surface area contributed by atoms with E-state index >= 15 is 0 Å². The van der Waals surface area contributed by atoms with Crippen molar-refractivity contribution in [2.24, 2.45) is 0 Å². The maximum atomic E-state index is 12.5. The Labute approximate surface area is 140 Å². The maximum Gasteiger partial charge on any atom is 0.228 e. The molecule has 24 heavy (non-hydrogen) atoms. The Morgan fingerprint density at radius 1 is 1.17 bits per heavy atom. The molecule has 1 N–H and O–H groups in total. The van der Waals surface area contributed by atoms with Crippen LogP contribution in [0.2, 0.25) is 0 Å². The molecule has 0 aromatic heterocycles. The monoisotopic (exact) mass is 325 g/mol. The van der Waals surface area contributed by atoms with Crippen LogP contribution in [0.25, 0.3) is 0 Å². The van der Waals surface area contributed by atoms with Crippen molar-refractivity contribution in [3.05, 3.63) is 47.0 Å². The first kappa shape index (κ1) is 14.9. The molecule has 0 saturated carbocycles. The molecule has 0 atom stereocenters. The van der Waals surface area contributed by atoms with E-state index in [2.05, 4.69) is 5.32 Å². The maximum absolute atomic E-state index is 12.5. The highest BCUT2D eigenvalue weighted by Gasteiger charge is 2.27. The van der Waals surface area contributed by atoms with Gasteiger partial charge in [0.2, 0.25) is 5.91 Å². The second-order valence-electron chi connectivity index (χ2n) is 5.99. The van der Waals surface area contributed by atoms with Crippen LogP contribution in [0.3, 0.4) is 0 Å². The van der Waals surface area contributed by atoms with Gasteiger partial charge in [0.25, 0.3) is 0 Å². The Kier molecular flexibility index (Phi) is 3.76. The highest BCUT2D eigenvalue weighted by atomic mass is 16.5. The van der Waals surface area contributed by atoms with Crippen LogP contribution in [0, 0.1) is 0 Å². The minimum atomic E-state index is -0.0573. The first-order valence-corrected chi connectivity index (χ1v) is 8.12. The Morgan fingerprint density at radius 2 is 1.96 bits per heavy atom. The van der Waals surface area contributed by atoms with Crippen LogP contribution in [0.1, 0.15) is 16.7 Å². The fraction of sp³-hybridized carbons (Fsp3) is 0.316. The van der Waals surface area contributed by atoms with E-state index in [9.17, 15) is 4.79 Å². The Balaban J connectivity index is 1.55. The van der Waals surface area contributed by atoms with E-state index in [1.807, 2.05) is 30.3 Å².